The van der Waals surface area contributed by atoms with E-state index in [0.717, 1.165) is 5.56 Å². The lowest BCUT2D eigenvalue weighted by molar-refractivity contribution is 0.470. The van der Waals surface area contributed by atoms with Crippen LogP contribution in [0, 0.1) is 0 Å². The molecule has 24 heavy (non-hydrogen) atoms. The van der Waals surface area contributed by atoms with Crippen LogP contribution >= 0.6 is 0 Å². The summed E-state index contributed by atoms with van der Waals surface area (Å²) in [7, 11) is 0. The van der Waals surface area contributed by atoms with Crippen molar-refractivity contribution in [2.75, 3.05) is 0 Å². The van der Waals surface area contributed by atoms with Gasteiger partial charge in [0.1, 0.15) is 0 Å². The van der Waals surface area contributed by atoms with Gasteiger partial charge in [0, 0.05) is 24.2 Å². The number of nitrogens with zero attached hydrogens (tertiary/aromatic N) is 3. The van der Waals surface area contributed by atoms with E-state index in [1.54, 1.807) is 6.20 Å². The Bertz CT molecular complexity index is 1090. The third-order valence-corrected chi connectivity index (χ3v) is 4.72. The maximum absolute atomic E-state index is 4.59. The number of hydrogen-bond donors (Lipinski definition) is 0. The van der Waals surface area contributed by atoms with Crippen LogP contribution in [0.1, 0.15) is 5.56 Å². The Morgan fingerprint density at radius 1 is 0.750 bits per heavy atom. The van der Waals surface area contributed by atoms with Crippen molar-refractivity contribution in [3.63, 3.8) is 0 Å². The highest BCUT2D eigenvalue weighted by atomic mass is 15.3. The van der Waals surface area contributed by atoms with Crippen molar-refractivity contribution in [2.45, 2.75) is 5.66 Å². The minimum Gasteiger partial charge on any atom is -0.321 e. The molecule has 3 aromatic carbocycles. The summed E-state index contributed by atoms with van der Waals surface area (Å²) in [5.41, 5.74) is 0.533. The summed E-state index contributed by atoms with van der Waals surface area (Å²) in [5.74, 6) is 0. The molecule has 0 saturated heterocycles. The van der Waals surface area contributed by atoms with Crippen LogP contribution in [0.3, 0.4) is 0 Å². The number of fused-ring (bicyclic) bond motifs is 2. The number of rotatable bonds is 2. The molecule has 114 valence electrons. The average Bonchev–Trinajstić information content (AvgIpc) is 3.31. The predicted molar refractivity (Wildman–Crippen MR) is 97.0 cm³/mol. The highest BCUT2D eigenvalue weighted by Crippen LogP contribution is 2.38. The highest BCUT2D eigenvalue weighted by Gasteiger charge is 2.34. The third-order valence-electron chi connectivity index (χ3n) is 4.72. The summed E-state index contributed by atoms with van der Waals surface area (Å²) in [6.45, 7) is 0. The molecule has 0 aliphatic carbocycles. The molecule has 0 spiro atoms. The van der Waals surface area contributed by atoms with E-state index in [-0.39, 0.29) is 0 Å². The van der Waals surface area contributed by atoms with Gasteiger partial charge < -0.3 is 4.57 Å². The van der Waals surface area contributed by atoms with Crippen LogP contribution in [0.15, 0.2) is 102 Å². The minimum absolute atomic E-state index is 0.606. The van der Waals surface area contributed by atoms with Crippen molar-refractivity contribution in [3.8, 4) is 0 Å². The molecule has 3 nitrogen and oxygen atoms in total. The average molecular weight is 309 g/mol. The van der Waals surface area contributed by atoms with Crippen molar-refractivity contribution >= 4 is 21.5 Å². The van der Waals surface area contributed by atoms with Gasteiger partial charge in [-0.2, -0.15) is 10.2 Å². The zero-order valence-corrected chi connectivity index (χ0v) is 13.0. The van der Waals surface area contributed by atoms with Gasteiger partial charge in [0.2, 0.25) is 5.66 Å². The molecule has 4 aromatic rings. The number of benzene rings is 3. The van der Waals surface area contributed by atoms with E-state index in [1.165, 1.54) is 21.5 Å². The van der Waals surface area contributed by atoms with E-state index in [2.05, 4.69) is 75.5 Å². The lowest BCUT2D eigenvalue weighted by atomic mass is 9.92. The molecule has 3 heteroatoms. The van der Waals surface area contributed by atoms with E-state index in [1.807, 2.05) is 24.5 Å². The topological polar surface area (TPSA) is 29.6 Å². The first-order valence-corrected chi connectivity index (χ1v) is 8.02. The van der Waals surface area contributed by atoms with Gasteiger partial charge in [-0.05, 0) is 51.9 Å². The molecule has 1 aliphatic rings. The van der Waals surface area contributed by atoms with Gasteiger partial charge in [-0.3, -0.25) is 0 Å². The van der Waals surface area contributed by atoms with Crippen LogP contribution in [0.4, 0.5) is 0 Å². The largest absolute Gasteiger partial charge is 0.321 e. The maximum Gasteiger partial charge on any atom is 0.203 e. The minimum atomic E-state index is -0.606. The summed E-state index contributed by atoms with van der Waals surface area (Å²) < 4.78 is 2.10. The molecule has 0 fully saturated rings. The van der Waals surface area contributed by atoms with Gasteiger partial charge in [-0.15, -0.1) is 0 Å². The lowest BCUT2D eigenvalue weighted by Crippen LogP contribution is -2.28. The van der Waals surface area contributed by atoms with E-state index in [4.69, 9.17) is 0 Å². The van der Waals surface area contributed by atoms with E-state index in [9.17, 15) is 0 Å². The second-order valence-corrected chi connectivity index (χ2v) is 6.07. The van der Waals surface area contributed by atoms with Gasteiger partial charge in [-0.25, -0.2) is 0 Å². The summed E-state index contributed by atoms with van der Waals surface area (Å²) in [6, 6.07) is 23.4. The van der Waals surface area contributed by atoms with E-state index >= 15 is 0 Å². The molecule has 1 unspecified atom stereocenters. The van der Waals surface area contributed by atoms with Crippen molar-refractivity contribution in [3.05, 3.63) is 97.0 Å². The van der Waals surface area contributed by atoms with E-state index in [0.29, 0.717) is 0 Å². The maximum atomic E-state index is 4.59. The van der Waals surface area contributed by atoms with Crippen LogP contribution in [0.25, 0.3) is 21.5 Å². The second-order valence-electron chi connectivity index (χ2n) is 6.07. The third kappa shape index (κ3) is 1.78. The standard InChI is InChI=1S/C21H15N3/c1-2-7-17-15-19-18(14-16(17)6-1)8-5-9-20(19)21(10-11-22-23-21)24-12-3-4-13-24/h1-15H. The first kappa shape index (κ1) is 13.3. The Morgan fingerprint density at radius 2 is 1.50 bits per heavy atom. The van der Waals surface area contributed by atoms with Crippen LogP contribution in [0.5, 0.6) is 0 Å². The molecule has 0 saturated carbocycles. The van der Waals surface area contributed by atoms with Gasteiger partial charge in [-0.1, -0.05) is 42.5 Å². The summed E-state index contributed by atoms with van der Waals surface area (Å²) >= 11 is 0. The van der Waals surface area contributed by atoms with Gasteiger partial charge >= 0.3 is 0 Å². The Morgan fingerprint density at radius 3 is 2.25 bits per heavy atom. The SMILES string of the molecule is C1=CC(c2cccc3cc4ccccc4cc23)(n2cccc2)N=N1. The molecule has 0 radical (unpaired) electrons. The van der Waals surface area contributed by atoms with Gasteiger partial charge in [0.25, 0.3) is 0 Å². The fraction of sp³-hybridized carbons (Fsp3) is 0.0476. The van der Waals surface area contributed by atoms with Crippen molar-refractivity contribution in [1.82, 2.24) is 4.57 Å². The molecular weight excluding hydrogens is 294 g/mol. The van der Waals surface area contributed by atoms with Crippen LogP contribution in [-0.2, 0) is 5.66 Å². The Hall–Kier alpha value is -3.20. The monoisotopic (exact) mass is 309 g/mol. The Labute approximate surface area is 139 Å². The summed E-state index contributed by atoms with van der Waals surface area (Å²) in [4.78, 5) is 0. The van der Waals surface area contributed by atoms with E-state index < -0.39 is 5.66 Å². The summed E-state index contributed by atoms with van der Waals surface area (Å²) in [6.07, 6.45) is 7.90. The van der Waals surface area contributed by atoms with Crippen LogP contribution in [-0.4, -0.2) is 4.57 Å². The molecule has 1 atom stereocenters. The molecule has 0 N–H and O–H groups in total. The Balaban J connectivity index is 1.87. The zero-order chi connectivity index (χ0) is 16.0. The molecule has 1 aliphatic heterocycles. The fourth-order valence-electron chi connectivity index (χ4n) is 3.56. The molecule has 0 bridgehead atoms. The second kappa shape index (κ2) is 4.90. The Kier molecular flexibility index (Phi) is 2.71. The molecule has 5 rings (SSSR count). The fourth-order valence-corrected chi connectivity index (χ4v) is 3.56. The summed E-state index contributed by atoms with van der Waals surface area (Å²) in [5, 5.41) is 13.7. The first-order valence-electron chi connectivity index (χ1n) is 8.02. The van der Waals surface area contributed by atoms with Gasteiger partial charge in [0.15, 0.2) is 0 Å². The normalized spacial score (nSPS) is 19.5. The molecule has 2 heterocycles. The predicted octanol–water partition coefficient (Wildman–Crippen LogP) is 5.48. The first-order chi connectivity index (χ1) is 11.9. The number of azo groups is 1. The smallest absolute Gasteiger partial charge is 0.203 e. The number of aromatic nitrogens is 1. The lowest BCUT2D eigenvalue weighted by Gasteiger charge is -2.27. The zero-order valence-electron chi connectivity index (χ0n) is 13.0. The number of hydrogen-bond acceptors (Lipinski definition) is 2. The highest BCUT2D eigenvalue weighted by molar-refractivity contribution is 6.00. The molecule has 0 amide bonds. The quantitative estimate of drug-likeness (QED) is 0.439. The van der Waals surface area contributed by atoms with Crippen molar-refractivity contribution in [2.24, 2.45) is 10.2 Å². The van der Waals surface area contributed by atoms with Crippen LogP contribution < -0.4 is 0 Å². The van der Waals surface area contributed by atoms with Crippen molar-refractivity contribution < 1.29 is 0 Å². The van der Waals surface area contributed by atoms with Crippen molar-refractivity contribution in [1.29, 1.82) is 0 Å². The van der Waals surface area contributed by atoms with Gasteiger partial charge in [0.05, 0.1) is 0 Å². The molecular formula is C21H15N3. The van der Waals surface area contributed by atoms with Crippen LogP contribution in [0.2, 0.25) is 0 Å². The molecule has 1 aromatic heterocycles.